The van der Waals surface area contributed by atoms with Crippen molar-refractivity contribution in [3.8, 4) is 0 Å². The Labute approximate surface area is 213 Å². The number of aromatic nitrogens is 3. The van der Waals surface area contributed by atoms with E-state index in [0.29, 0.717) is 55.7 Å². The van der Waals surface area contributed by atoms with Gasteiger partial charge in [0.2, 0.25) is 0 Å². The molecule has 0 saturated carbocycles. The van der Waals surface area contributed by atoms with Crippen LogP contribution in [0.3, 0.4) is 0 Å². The SMILES string of the molecule is CN(C(=O)c1cc(Cc2n[nH]c(=O)c3c2NCCC3)ccc1F)C1CCN(C(=O)c2ccccn2)CC1. The zero-order chi connectivity index (χ0) is 25.9. The van der Waals surface area contributed by atoms with Crippen molar-refractivity contribution in [2.75, 3.05) is 32.0 Å². The summed E-state index contributed by atoms with van der Waals surface area (Å²) in [6.07, 6.45) is 4.69. The summed E-state index contributed by atoms with van der Waals surface area (Å²) in [4.78, 5) is 45.6. The molecule has 2 aliphatic heterocycles. The van der Waals surface area contributed by atoms with Crippen LogP contribution in [0, 0.1) is 5.82 Å². The van der Waals surface area contributed by atoms with Gasteiger partial charge in [-0.15, -0.1) is 0 Å². The predicted octanol–water partition coefficient (Wildman–Crippen LogP) is 2.63. The minimum absolute atomic E-state index is 0.00163. The molecule has 5 rings (SSSR count). The van der Waals surface area contributed by atoms with Gasteiger partial charge in [0.1, 0.15) is 11.5 Å². The van der Waals surface area contributed by atoms with E-state index in [1.54, 1.807) is 53.4 Å². The number of rotatable bonds is 5. The Morgan fingerprint density at radius 2 is 2.00 bits per heavy atom. The molecule has 37 heavy (non-hydrogen) atoms. The molecule has 2 amide bonds. The molecule has 3 aromatic rings. The molecule has 1 aromatic carbocycles. The molecule has 0 unspecified atom stereocenters. The molecule has 0 atom stereocenters. The third-order valence-corrected chi connectivity index (χ3v) is 7.20. The average molecular weight is 505 g/mol. The van der Waals surface area contributed by atoms with E-state index in [4.69, 9.17) is 0 Å². The van der Waals surface area contributed by atoms with Gasteiger partial charge >= 0.3 is 0 Å². The summed E-state index contributed by atoms with van der Waals surface area (Å²) in [6.45, 7) is 1.75. The van der Waals surface area contributed by atoms with E-state index in [-0.39, 0.29) is 23.1 Å². The number of aromatic amines is 1. The quantitative estimate of drug-likeness (QED) is 0.553. The summed E-state index contributed by atoms with van der Waals surface area (Å²) in [6, 6.07) is 9.62. The van der Waals surface area contributed by atoms with E-state index in [1.807, 2.05) is 0 Å². The number of benzene rings is 1. The number of fused-ring (bicyclic) bond motifs is 1. The topological polar surface area (TPSA) is 111 Å². The summed E-state index contributed by atoms with van der Waals surface area (Å²) in [5.41, 5.74) is 3.01. The Bertz CT molecular complexity index is 1370. The molecule has 2 aromatic heterocycles. The molecule has 0 radical (unpaired) electrons. The van der Waals surface area contributed by atoms with Crippen molar-refractivity contribution in [3.63, 3.8) is 0 Å². The molecule has 2 N–H and O–H groups in total. The number of piperidine rings is 1. The first-order valence-corrected chi connectivity index (χ1v) is 12.5. The first-order valence-electron chi connectivity index (χ1n) is 12.5. The lowest BCUT2D eigenvalue weighted by Crippen LogP contribution is -2.47. The first-order chi connectivity index (χ1) is 17.9. The summed E-state index contributed by atoms with van der Waals surface area (Å²) < 4.78 is 14.8. The zero-order valence-corrected chi connectivity index (χ0v) is 20.7. The normalized spacial score (nSPS) is 15.6. The molecule has 4 heterocycles. The highest BCUT2D eigenvalue weighted by Crippen LogP contribution is 2.25. The Hall–Kier alpha value is -4.08. The van der Waals surface area contributed by atoms with Gasteiger partial charge in [0, 0.05) is 50.9 Å². The standard InChI is InChI=1S/C27H29FN6O3/c1-33(18-9-13-34(14-10-18)27(37)22-6-2-3-11-29-22)26(36)20-15-17(7-8-21(20)28)16-23-24-19(5-4-12-30-24)25(35)32-31-23/h2-3,6-8,11,15,18,30H,4-5,9-10,12-14,16H2,1H3,(H,32,35). The largest absolute Gasteiger partial charge is 0.383 e. The fraction of sp³-hybridized carbons (Fsp3) is 0.370. The van der Waals surface area contributed by atoms with Crippen LogP contribution < -0.4 is 10.9 Å². The second-order valence-electron chi connectivity index (χ2n) is 9.53. The summed E-state index contributed by atoms with van der Waals surface area (Å²) in [5, 5.41) is 10.0. The third-order valence-electron chi connectivity index (χ3n) is 7.20. The lowest BCUT2D eigenvalue weighted by Gasteiger charge is -2.36. The second kappa shape index (κ2) is 10.5. The Morgan fingerprint density at radius 1 is 1.19 bits per heavy atom. The molecule has 2 aliphatic rings. The van der Waals surface area contributed by atoms with E-state index in [2.05, 4.69) is 20.5 Å². The number of carbonyl (C=O) groups excluding carboxylic acids is 2. The van der Waals surface area contributed by atoms with E-state index in [9.17, 15) is 18.8 Å². The van der Waals surface area contributed by atoms with Gasteiger partial charge in [0.15, 0.2) is 0 Å². The van der Waals surface area contributed by atoms with Crippen molar-refractivity contribution in [2.24, 2.45) is 0 Å². The molecule has 1 saturated heterocycles. The van der Waals surface area contributed by atoms with Crippen LogP contribution in [-0.2, 0) is 12.8 Å². The van der Waals surface area contributed by atoms with Gasteiger partial charge in [-0.1, -0.05) is 12.1 Å². The van der Waals surface area contributed by atoms with Crippen molar-refractivity contribution in [1.82, 2.24) is 25.0 Å². The minimum Gasteiger partial charge on any atom is -0.383 e. The minimum atomic E-state index is -0.585. The number of nitrogens with zero attached hydrogens (tertiary/aromatic N) is 4. The van der Waals surface area contributed by atoms with Crippen molar-refractivity contribution in [1.29, 1.82) is 0 Å². The number of anilines is 1. The number of hydrogen-bond donors (Lipinski definition) is 2. The van der Waals surface area contributed by atoms with Gasteiger partial charge in [-0.05, 0) is 55.5 Å². The Morgan fingerprint density at radius 3 is 2.76 bits per heavy atom. The summed E-state index contributed by atoms with van der Waals surface area (Å²) in [7, 11) is 1.68. The molecule has 192 valence electrons. The number of amides is 2. The number of likely N-dealkylation sites (tertiary alicyclic amines) is 1. The van der Waals surface area contributed by atoms with Crippen LogP contribution in [0.2, 0.25) is 0 Å². The van der Waals surface area contributed by atoms with Crippen molar-refractivity contribution in [3.05, 3.63) is 86.8 Å². The predicted molar refractivity (Wildman–Crippen MR) is 136 cm³/mol. The number of halogens is 1. The van der Waals surface area contributed by atoms with Crippen LogP contribution in [0.15, 0.2) is 47.4 Å². The van der Waals surface area contributed by atoms with E-state index in [1.165, 1.54) is 6.07 Å². The maximum absolute atomic E-state index is 14.8. The fourth-order valence-electron chi connectivity index (χ4n) is 5.09. The van der Waals surface area contributed by atoms with Gasteiger partial charge in [0.05, 0.1) is 16.9 Å². The fourth-order valence-corrected chi connectivity index (χ4v) is 5.09. The van der Waals surface area contributed by atoms with Crippen molar-refractivity contribution < 1.29 is 14.0 Å². The van der Waals surface area contributed by atoms with Gasteiger partial charge in [-0.3, -0.25) is 19.4 Å². The highest BCUT2D eigenvalue weighted by molar-refractivity contribution is 5.95. The molecule has 9 nitrogen and oxygen atoms in total. The van der Waals surface area contributed by atoms with Crippen LogP contribution in [0.1, 0.15) is 56.9 Å². The van der Waals surface area contributed by atoms with Gasteiger partial charge in [-0.25, -0.2) is 9.49 Å². The third kappa shape index (κ3) is 5.09. The van der Waals surface area contributed by atoms with Gasteiger partial charge in [-0.2, -0.15) is 5.10 Å². The monoisotopic (exact) mass is 504 g/mol. The smallest absolute Gasteiger partial charge is 0.272 e. The molecular weight excluding hydrogens is 475 g/mol. The molecule has 0 aliphatic carbocycles. The number of H-pyrrole nitrogens is 1. The maximum atomic E-state index is 14.8. The average Bonchev–Trinajstić information content (AvgIpc) is 2.95. The zero-order valence-electron chi connectivity index (χ0n) is 20.7. The van der Waals surface area contributed by atoms with Crippen LogP contribution >= 0.6 is 0 Å². The van der Waals surface area contributed by atoms with Crippen molar-refractivity contribution >= 4 is 17.5 Å². The summed E-state index contributed by atoms with van der Waals surface area (Å²) in [5.74, 6) is -1.11. The maximum Gasteiger partial charge on any atom is 0.272 e. The lowest BCUT2D eigenvalue weighted by atomic mass is 9.99. The summed E-state index contributed by atoms with van der Waals surface area (Å²) >= 11 is 0. The number of hydrogen-bond acceptors (Lipinski definition) is 6. The Kier molecular flexibility index (Phi) is 6.98. The molecule has 10 heteroatoms. The number of pyridine rings is 1. The highest BCUT2D eigenvalue weighted by Gasteiger charge is 2.30. The van der Waals surface area contributed by atoms with Crippen LogP contribution in [0.5, 0.6) is 0 Å². The van der Waals surface area contributed by atoms with E-state index in [0.717, 1.165) is 24.2 Å². The lowest BCUT2D eigenvalue weighted by molar-refractivity contribution is 0.0564. The number of nitrogens with one attached hydrogen (secondary N) is 2. The molecule has 0 bridgehead atoms. The highest BCUT2D eigenvalue weighted by atomic mass is 19.1. The van der Waals surface area contributed by atoms with Crippen LogP contribution in [0.25, 0.3) is 0 Å². The van der Waals surface area contributed by atoms with Gasteiger partial charge < -0.3 is 15.1 Å². The molecule has 1 fully saturated rings. The number of carbonyl (C=O) groups is 2. The van der Waals surface area contributed by atoms with Crippen LogP contribution in [0.4, 0.5) is 10.1 Å². The van der Waals surface area contributed by atoms with Crippen molar-refractivity contribution in [2.45, 2.75) is 38.1 Å². The van der Waals surface area contributed by atoms with E-state index >= 15 is 0 Å². The molecular formula is C27H29FN6O3. The first kappa shape index (κ1) is 24.6. The van der Waals surface area contributed by atoms with Crippen LogP contribution in [-0.4, -0.2) is 69.5 Å². The Balaban J connectivity index is 1.27. The second-order valence-corrected chi connectivity index (χ2v) is 9.53. The van der Waals surface area contributed by atoms with E-state index < -0.39 is 11.7 Å². The van der Waals surface area contributed by atoms with Gasteiger partial charge in [0.25, 0.3) is 17.4 Å². The molecule has 0 spiro atoms.